The minimum Gasteiger partial charge on any atom is -0.314 e. The lowest BCUT2D eigenvalue weighted by molar-refractivity contribution is 0.0832. The average molecular weight is 299 g/mol. The van der Waals surface area contributed by atoms with Gasteiger partial charge in [-0.25, -0.2) is 4.39 Å². The first kappa shape index (κ1) is 15.7. The molecule has 1 saturated heterocycles. The van der Waals surface area contributed by atoms with Crippen LogP contribution in [-0.4, -0.2) is 31.1 Å². The van der Waals surface area contributed by atoms with E-state index in [-0.39, 0.29) is 18.2 Å². The van der Waals surface area contributed by atoms with Gasteiger partial charge in [0.1, 0.15) is 5.82 Å². The van der Waals surface area contributed by atoms with Gasteiger partial charge in [-0.3, -0.25) is 4.90 Å². The first-order valence-corrected chi connectivity index (χ1v) is 7.46. The van der Waals surface area contributed by atoms with Crippen molar-refractivity contribution in [2.45, 2.75) is 32.2 Å². The molecule has 2 fully saturated rings. The summed E-state index contributed by atoms with van der Waals surface area (Å²) in [6.07, 6.45) is 4.00. The van der Waals surface area contributed by atoms with Crippen molar-refractivity contribution in [1.82, 2.24) is 10.2 Å². The third-order valence-corrected chi connectivity index (χ3v) is 4.69. The molecule has 3 rings (SSSR count). The molecule has 1 aliphatic heterocycles. The highest BCUT2D eigenvalue weighted by Crippen LogP contribution is 2.42. The zero-order valence-electron chi connectivity index (χ0n) is 12.1. The van der Waals surface area contributed by atoms with Crippen LogP contribution >= 0.6 is 12.4 Å². The average Bonchev–Trinajstić information content (AvgIpc) is 2.35. The summed E-state index contributed by atoms with van der Waals surface area (Å²) in [7, 11) is 0. The highest BCUT2D eigenvalue weighted by Gasteiger charge is 2.34. The fraction of sp³-hybridized carbons (Fsp3) is 0.625. The van der Waals surface area contributed by atoms with Crippen LogP contribution in [0.25, 0.3) is 0 Å². The van der Waals surface area contributed by atoms with Gasteiger partial charge in [-0.2, -0.15) is 0 Å². The van der Waals surface area contributed by atoms with Crippen molar-refractivity contribution in [3.63, 3.8) is 0 Å². The molecule has 1 aromatic rings. The fourth-order valence-corrected chi connectivity index (χ4v) is 3.44. The van der Waals surface area contributed by atoms with E-state index in [9.17, 15) is 4.39 Å². The van der Waals surface area contributed by atoms with Crippen molar-refractivity contribution in [2.24, 2.45) is 5.92 Å². The maximum Gasteiger partial charge on any atom is 0.123 e. The van der Waals surface area contributed by atoms with Gasteiger partial charge >= 0.3 is 0 Å². The molecule has 4 heteroatoms. The molecule has 0 radical (unpaired) electrons. The van der Waals surface area contributed by atoms with Gasteiger partial charge in [0.25, 0.3) is 0 Å². The molecule has 2 aliphatic rings. The van der Waals surface area contributed by atoms with Crippen molar-refractivity contribution in [3.05, 3.63) is 35.1 Å². The summed E-state index contributed by atoms with van der Waals surface area (Å²) in [6.45, 7) is 6.41. The van der Waals surface area contributed by atoms with E-state index < -0.39 is 0 Å². The molecule has 20 heavy (non-hydrogen) atoms. The minimum absolute atomic E-state index is 0. The normalized spacial score (nSPS) is 21.9. The summed E-state index contributed by atoms with van der Waals surface area (Å²) in [5.41, 5.74) is 2.45. The standard InChI is InChI=1S/C16H23FN2.ClH/c1-12-11-14(17)5-6-15(12)16(13-3-2-4-13)19-9-7-18-8-10-19;/h5-6,11,13,16,18H,2-4,7-10H2,1H3;1H/t16-;/m0./s1. The van der Waals surface area contributed by atoms with Crippen molar-refractivity contribution in [2.75, 3.05) is 26.2 Å². The predicted octanol–water partition coefficient (Wildman–Crippen LogP) is 3.30. The number of aryl methyl sites for hydroxylation is 1. The van der Waals surface area contributed by atoms with Crippen LogP contribution in [-0.2, 0) is 0 Å². The molecule has 0 bridgehead atoms. The fourth-order valence-electron chi connectivity index (χ4n) is 3.44. The van der Waals surface area contributed by atoms with Crippen molar-refractivity contribution >= 4 is 12.4 Å². The quantitative estimate of drug-likeness (QED) is 0.921. The van der Waals surface area contributed by atoms with Crippen LogP contribution in [0, 0.1) is 18.7 Å². The number of rotatable bonds is 3. The van der Waals surface area contributed by atoms with Crippen LogP contribution in [0.2, 0.25) is 0 Å². The smallest absolute Gasteiger partial charge is 0.123 e. The Morgan fingerprint density at radius 3 is 2.50 bits per heavy atom. The Balaban J connectivity index is 0.00000147. The van der Waals surface area contributed by atoms with Gasteiger partial charge in [-0.05, 0) is 48.9 Å². The molecule has 0 spiro atoms. The molecule has 1 aliphatic carbocycles. The molecule has 112 valence electrons. The Kier molecular flexibility index (Phi) is 5.42. The Bertz CT molecular complexity index is 442. The lowest BCUT2D eigenvalue weighted by Gasteiger charge is -2.43. The van der Waals surface area contributed by atoms with Gasteiger partial charge < -0.3 is 5.32 Å². The molecule has 1 atom stereocenters. The van der Waals surface area contributed by atoms with Crippen molar-refractivity contribution in [3.8, 4) is 0 Å². The maximum absolute atomic E-state index is 13.3. The van der Waals surface area contributed by atoms with Crippen LogP contribution in [0.3, 0.4) is 0 Å². The molecular weight excluding hydrogens is 275 g/mol. The van der Waals surface area contributed by atoms with Gasteiger partial charge in [0, 0.05) is 32.2 Å². The van der Waals surface area contributed by atoms with E-state index in [1.54, 1.807) is 12.1 Å². The Labute approximate surface area is 127 Å². The Morgan fingerprint density at radius 1 is 1.25 bits per heavy atom. The minimum atomic E-state index is -0.117. The maximum atomic E-state index is 13.3. The third-order valence-electron chi connectivity index (χ3n) is 4.69. The van der Waals surface area contributed by atoms with Crippen LogP contribution in [0.5, 0.6) is 0 Å². The number of benzene rings is 1. The summed E-state index contributed by atoms with van der Waals surface area (Å²) in [6, 6.07) is 5.81. The highest BCUT2D eigenvalue weighted by atomic mass is 35.5. The number of nitrogens with zero attached hydrogens (tertiary/aromatic N) is 1. The lowest BCUT2D eigenvalue weighted by Crippen LogP contribution is -2.48. The van der Waals surface area contributed by atoms with Crippen LogP contribution in [0.1, 0.15) is 36.4 Å². The van der Waals surface area contributed by atoms with E-state index in [1.165, 1.54) is 24.8 Å². The summed E-state index contributed by atoms with van der Waals surface area (Å²) < 4.78 is 13.3. The predicted molar refractivity (Wildman–Crippen MR) is 82.9 cm³/mol. The zero-order valence-corrected chi connectivity index (χ0v) is 12.9. The van der Waals surface area contributed by atoms with Crippen molar-refractivity contribution < 1.29 is 4.39 Å². The topological polar surface area (TPSA) is 15.3 Å². The molecule has 1 N–H and O–H groups in total. The number of halogens is 2. The first-order valence-electron chi connectivity index (χ1n) is 7.46. The summed E-state index contributed by atoms with van der Waals surface area (Å²) in [5, 5.41) is 3.42. The molecular formula is C16H24ClFN2. The van der Waals surface area contributed by atoms with Crippen LogP contribution in [0.15, 0.2) is 18.2 Å². The Hall–Kier alpha value is -0.640. The summed E-state index contributed by atoms with van der Waals surface area (Å²) in [5.74, 6) is 0.649. The van der Waals surface area contributed by atoms with E-state index in [4.69, 9.17) is 0 Å². The van der Waals surface area contributed by atoms with E-state index >= 15 is 0 Å². The Morgan fingerprint density at radius 2 is 1.95 bits per heavy atom. The highest BCUT2D eigenvalue weighted by molar-refractivity contribution is 5.85. The molecule has 1 aromatic carbocycles. The van der Waals surface area contributed by atoms with E-state index in [2.05, 4.69) is 10.2 Å². The van der Waals surface area contributed by atoms with Gasteiger partial charge in [-0.1, -0.05) is 12.5 Å². The third kappa shape index (κ3) is 3.16. The van der Waals surface area contributed by atoms with E-state index in [1.807, 2.05) is 13.0 Å². The second-order valence-electron chi connectivity index (χ2n) is 5.92. The largest absolute Gasteiger partial charge is 0.314 e. The number of piperazine rings is 1. The lowest BCUT2D eigenvalue weighted by atomic mass is 9.75. The summed E-state index contributed by atoms with van der Waals surface area (Å²) >= 11 is 0. The summed E-state index contributed by atoms with van der Waals surface area (Å²) in [4.78, 5) is 2.60. The monoisotopic (exact) mass is 298 g/mol. The van der Waals surface area contributed by atoms with E-state index in [0.717, 1.165) is 37.7 Å². The van der Waals surface area contributed by atoms with Crippen LogP contribution in [0.4, 0.5) is 4.39 Å². The van der Waals surface area contributed by atoms with Gasteiger partial charge in [-0.15, -0.1) is 12.4 Å². The second-order valence-corrected chi connectivity index (χ2v) is 5.92. The van der Waals surface area contributed by atoms with Gasteiger partial charge in [0.15, 0.2) is 0 Å². The second kappa shape index (κ2) is 6.88. The van der Waals surface area contributed by atoms with Gasteiger partial charge in [0.05, 0.1) is 0 Å². The molecule has 0 aromatic heterocycles. The van der Waals surface area contributed by atoms with Crippen molar-refractivity contribution in [1.29, 1.82) is 0 Å². The van der Waals surface area contributed by atoms with E-state index in [0.29, 0.717) is 6.04 Å². The zero-order chi connectivity index (χ0) is 13.2. The molecule has 0 amide bonds. The first-order chi connectivity index (χ1) is 9.25. The van der Waals surface area contributed by atoms with Crippen LogP contribution < -0.4 is 5.32 Å². The molecule has 0 unspecified atom stereocenters. The molecule has 1 saturated carbocycles. The SMILES string of the molecule is Cc1cc(F)ccc1[C@H](C1CCC1)N1CCNCC1.Cl. The number of hydrogen-bond acceptors (Lipinski definition) is 2. The molecule has 2 nitrogen and oxygen atoms in total. The van der Waals surface area contributed by atoms with Gasteiger partial charge in [0.2, 0.25) is 0 Å². The molecule has 1 heterocycles. The number of nitrogens with one attached hydrogen (secondary N) is 1. The number of hydrogen-bond donors (Lipinski definition) is 1.